The monoisotopic (exact) mass is 239 g/mol. The molecule has 0 amide bonds. The van der Waals surface area contributed by atoms with Gasteiger partial charge in [-0.15, -0.1) is 11.6 Å². The first-order valence-electron chi connectivity index (χ1n) is 5.00. The summed E-state index contributed by atoms with van der Waals surface area (Å²) in [5.41, 5.74) is 0. The van der Waals surface area contributed by atoms with Crippen LogP contribution in [0.4, 0.5) is 0 Å². The van der Waals surface area contributed by atoms with E-state index in [2.05, 4.69) is 4.90 Å². The van der Waals surface area contributed by atoms with Crippen LogP contribution < -0.4 is 0 Å². The highest BCUT2D eigenvalue weighted by Crippen LogP contribution is 2.17. The Morgan fingerprint density at radius 3 is 2.71 bits per heavy atom. The number of hydrogen-bond donors (Lipinski definition) is 0. The molecule has 0 aromatic heterocycles. The third kappa shape index (κ3) is 4.15. The van der Waals surface area contributed by atoms with Crippen LogP contribution in [0.2, 0.25) is 0 Å². The molecule has 0 spiro atoms. The minimum absolute atomic E-state index is 0.250. The van der Waals surface area contributed by atoms with Crippen LogP contribution in [0.5, 0.6) is 0 Å². The van der Waals surface area contributed by atoms with Gasteiger partial charge in [-0.2, -0.15) is 0 Å². The molecular formula is C9H18ClNO2S. The molecule has 0 N–H and O–H groups in total. The van der Waals surface area contributed by atoms with Gasteiger partial charge in [0.1, 0.15) is 9.84 Å². The molecule has 0 aromatic carbocycles. The van der Waals surface area contributed by atoms with Gasteiger partial charge in [0.25, 0.3) is 0 Å². The van der Waals surface area contributed by atoms with Crippen LogP contribution in [0.1, 0.15) is 19.3 Å². The van der Waals surface area contributed by atoms with Crippen LogP contribution in [0.15, 0.2) is 0 Å². The molecule has 1 atom stereocenters. The maximum Gasteiger partial charge on any atom is 0.148 e. The Morgan fingerprint density at radius 2 is 2.14 bits per heavy atom. The van der Waals surface area contributed by atoms with E-state index in [1.54, 1.807) is 0 Å². The van der Waals surface area contributed by atoms with Crippen molar-refractivity contribution in [3.63, 3.8) is 0 Å². The van der Waals surface area contributed by atoms with Gasteiger partial charge in [0.15, 0.2) is 0 Å². The second-order valence-electron chi connectivity index (χ2n) is 3.97. The van der Waals surface area contributed by atoms with Crippen LogP contribution in [0, 0.1) is 0 Å². The molecule has 5 heteroatoms. The summed E-state index contributed by atoms with van der Waals surface area (Å²) in [7, 11) is -2.84. The van der Waals surface area contributed by atoms with Crippen molar-refractivity contribution in [1.82, 2.24) is 4.90 Å². The predicted molar refractivity (Wildman–Crippen MR) is 59.6 cm³/mol. The Kier molecular flexibility index (Phi) is 4.67. The number of likely N-dealkylation sites (tertiary alicyclic amines) is 1. The van der Waals surface area contributed by atoms with E-state index in [-0.39, 0.29) is 5.75 Å². The van der Waals surface area contributed by atoms with E-state index in [1.807, 2.05) is 0 Å². The van der Waals surface area contributed by atoms with E-state index in [9.17, 15) is 8.42 Å². The van der Waals surface area contributed by atoms with Gasteiger partial charge in [-0.3, -0.25) is 4.90 Å². The SMILES string of the molecule is CS(=O)(=O)CCN1CCCCC1CCl. The molecule has 14 heavy (non-hydrogen) atoms. The molecule has 0 saturated carbocycles. The van der Waals surface area contributed by atoms with Gasteiger partial charge in [0.2, 0.25) is 0 Å². The zero-order valence-corrected chi connectivity index (χ0v) is 10.1. The molecule has 1 rings (SSSR count). The zero-order chi connectivity index (χ0) is 10.6. The molecular weight excluding hydrogens is 222 g/mol. The Morgan fingerprint density at radius 1 is 1.43 bits per heavy atom. The summed E-state index contributed by atoms with van der Waals surface area (Å²) in [6.45, 7) is 1.63. The molecule has 0 radical (unpaired) electrons. The highest BCUT2D eigenvalue weighted by Gasteiger charge is 2.21. The van der Waals surface area contributed by atoms with Crippen molar-refractivity contribution in [2.45, 2.75) is 25.3 Å². The van der Waals surface area contributed by atoms with E-state index in [0.717, 1.165) is 19.4 Å². The van der Waals surface area contributed by atoms with Crippen molar-refractivity contribution < 1.29 is 8.42 Å². The molecule has 0 aliphatic carbocycles. The lowest BCUT2D eigenvalue weighted by Crippen LogP contribution is -2.42. The number of rotatable bonds is 4. The Hall–Kier alpha value is 0.200. The highest BCUT2D eigenvalue weighted by molar-refractivity contribution is 7.90. The maximum atomic E-state index is 11.0. The number of nitrogens with zero attached hydrogens (tertiary/aromatic N) is 1. The topological polar surface area (TPSA) is 37.4 Å². The largest absolute Gasteiger partial charge is 0.298 e. The summed E-state index contributed by atoms with van der Waals surface area (Å²) in [5.74, 6) is 0.865. The molecule has 1 aliphatic heterocycles. The maximum absolute atomic E-state index is 11.0. The lowest BCUT2D eigenvalue weighted by atomic mass is 10.0. The predicted octanol–water partition coefficient (Wildman–Crippen LogP) is 1.12. The third-order valence-electron chi connectivity index (χ3n) is 2.68. The third-order valence-corrected chi connectivity index (χ3v) is 3.96. The molecule has 1 aliphatic rings. The number of hydrogen-bond acceptors (Lipinski definition) is 3. The summed E-state index contributed by atoms with van der Waals surface area (Å²) >= 11 is 5.83. The summed E-state index contributed by atoms with van der Waals surface area (Å²) in [5, 5.41) is 0. The molecule has 84 valence electrons. The van der Waals surface area contributed by atoms with Crippen LogP contribution >= 0.6 is 11.6 Å². The lowest BCUT2D eigenvalue weighted by molar-refractivity contribution is 0.173. The van der Waals surface area contributed by atoms with Crippen LogP contribution in [-0.4, -0.2) is 50.3 Å². The minimum atomic E-state index is -2.84. The van der Waals surface area contributed by atoms with Gasteiger partial charge in [-0.25, -0.2) is 8.42 Å². The van der Waals surface area contributed by atoms with Gasteiger partial charge < -0.3 is 0 Å². The normalized spacial score (nSPS) is 25.1. The second-order valence-corrected chi connectivity index (χ2v) is 6.54. The summed E-state index contributed by atoms with van der Waals surface area (Å²) in [6, 6.07) is 0.382. The van der Waals surface area contributed by atoms with Crippen molar-refractivity contribution in [2.75, 3.05) is 31.0 Å². The first kappa shape index (κ1) is 12.3. The minimum Gasteiger partial charge on any atom is -0.298 e. The fourth-order valence-electron chi connectivity index (χ4n) is 1.81. The van der Waals surface area contributed by atoms with Crippen molar-refractivity contribution in [2.24, 2.45) is 0 Å². The van der Waals surface area contributed by atoms with Gasteiger partial charge in [0, 0.05) is 24.7 Å². The molecule has 1 unspecified atom stereocenters. The second kappa shape index (κ2) is 5.33. The van der Waals surface area contributed by atoms with Gasteiger partial charge in [-0.1, -0.05) is 6.42 Å². The zero-order valence-electron chi connectivity index (χ0n) is 8.58. The Balaban J connectivity index is 2.41. The van der Waals surface area contributed by atoms with E-state index in [4.69, 9.17) is 11.6 Å². The first-order chi connectivity index (χ1) is 6.53. The molecule has 1 fully saturated rings. The fourth-order valence-corrected chi connectivity index (χ4v) is 2.73. The molecule has 1 heterocycles. The Bertz CT molecular complexity index is 266. The number of piperidine rings is 1. The molecule has 0 aromatic rings. The summed E-state index contributed by atoms with van der Waals surface area (Å²) < 4.78 is 22.0. The molecule has 0 bridgehead atoms. The van der Waals surface area contributed by atoms with Crippen molar-refractivity contribution in [3.05, 3.63) is 0 Å². The smallest absolute Gasteiger partial charge is 0.148 e. The summed E-state index contributed by atoms with van der Waals surface area (Å²) in [4.78, 5) is 2.21. The average molecular weight is 240 g/mol. The fraction of sp³-hybridized carbons (Fsp3) is 1.00. The van der Waals surface area contributed by atoms with Gasteiger partial charge in [0.05, 0.1) is 5.75 Å². The van der Waals surface area contributed by atoms with E-state index >= 15 is 0 Å². The highest BCUT2D eigenvalue weighted by atomic mass is 35.5. The number of alkyl halides is 1. The number of halogens is 1. The standard InChI is InChI=1S/C9H18ClNO2S/c1-14(12,13)7-6-11-5-3-2-4-9(11)8-10/h9H,2-8H2,1H3. The van der Waals surface area contributed by atoms with Crippen LogP contribution in [0.3, 0.4) is 0 Å². The number of sulfone groups is 1. The van der Waals surface area contributed by atoms with E-state index in [0.29, 0.717) is 18.5 Å². The van der Waals surface area contributed by atoms with Crippen molar-refractivity contribution >= 4 is 21.4 Å². The van der Waals surface area contributed by atoms with Gasteiger partial charge in [-0.05, 0) is 19.4 Å². The van der Waals surface area contributed by atoms with Gasteiger partial charge >= 0.3 is 0 Å². The average Bonchev–Trinajstić information content (AvgIpc) is 2.14. The first-order valence-corrected chi connectivity index (χ1v) is 7.60. The van der Waals surface area contributed by atoms with Crippen molar-refractivity contribution in [1.29, 1.82) is 0 Å². The van der Waals surface area contributed by atoms with Crippen molar-refractivity contribution in [3.8, 4) is 0 Å². The quantitative estimate of drug-likeness (QED) is 0.691. The van der Waals surface area contributed by atoms with E-state index in [1.165, 1.54) is 12.7 Å². The Labute approximate surface area is 91.3 Å². The molecule has 3 nitrogen and oxygen atoms in total. The van der Waals surface area contributed by atoms with Crippen LogP contribution in [0.25, 0.3) is 0 Å². The summed E-state index contributed by atoms with van der Waals surface area (Å²) in [6.07, 6.45) is 4.77. The lowest BCUT2D eigenvalue weighted by Gasteiger charge is -2.34. The molecule has 1 saturated heterocycles. The van der Waals surface area contributed by atoms with Crippen LogP contribution in [-0.2, 0) is 9.84 Å². The van der Waals surface area contributed by atoms with E-state index < -0.39 is 9.84 Å².